The average Bonchev–Trinajstić information content (AvgIpc) is 3.15. The van der Waals surface area contributed by atoms with Crippen LogP contribution in [0.1, 0.15) is 29.5 Å². The molecule has 2 aromatic heterocycles. The molecule has 1 aromatic carbocycles. The van der Waals surface area contributed by atoms with Gasteiger partial charge in [-0.1, -0.05) is 58.6 Å². The highest BCUT2D eigenvalue weighted by molar-refractivity contribution is 8.01. The Morgan fingerprint density at radius 2 is 2.09 bits per heavy atom. The first-order valence-electron chi connectivity index (χ1n) is 6.79. The molecule has 0 bridgehead atoms. The van der Waals surface area contributed by atoms with Gasteiger partial charge >= 0.3 is 0 Å². The van der Waals surface area contributed by atoms with Crippen molar-refractivity contribution < 1.29 is 4.52 Å². The Hall–Kier alpha value is -1.93. The number of thioether (sulfide) groups is 1. The highest BCUT2D eigenvalue weighted by Crippen LogP contribution is 2.36. The Morgan fingerprint density at radius 3 is 2.82 bits per heavy atom. The van der Waals surface area contributed by atoms with E-state index in [1.165, 1.54) is 16.9 Å². The van der Waals surface area contributed by atoms with Gasteiger partial charge in [-0.25, -0.2) is 0 Å². The molecule has 1 unspecified atom stereocenters. The first kappa shape index (κ1) is 15.0. The molecule has 1 atom stereocenters. The van der Waals surface area contributed by atoms with E-state index in [-0.39, 0.29) is 5.25 Å². The third kappa shape index (κ3) is 3.83. The SMILES string of the molecule is Cc1noc(C(C)Sc2nnc(NCc3ccccc3)s2)n1. The molecule has 3 rings (SSSR count). The fraction of sp³-hybridized carbons (Fsp3) is 0.286. The first-order chi connectivity index (χ1) is 10.7. The van der Waals surface area contributed by atoms with Crippen LogP contribution >= 0.6 is 23.1 Å². The number of nitrogens with one attached hydrogen (secondary N) is 1. The summed E-state index contributed by atoms with van der Waals surface area (Å²) in [5.41, 5.74) is 1.21. The molecule has 0 amide bonds. The van der Waals surface area contributed by atoms with E-state index in [1.807, 2.05) is 25.1 Å². The van der Waals surface area contributed by atoms with Crippen LogP contribution in [-0.2, 0) is 6.54 Å². The molecule has 0 aliphatic carbocycles. The van der Waals surface area contributed by atoms with Crippen LogP contribution in [0.25, 0.3) is 0 Å². The predicted molar refractivity (Wildman–Crippen MR) is 87.0 cm³/mol. The minimum Gasteiger partial charge on any atom is -0.356 e. The summed E-state index contributed by atoms with van der Waals surface area (Å²) in [6.07, 6.45) is 0. The number of aromatic nitrogens is 4. The zero-order chi connectivity index (χ0) is 15.4. The summed E-state index contributed by atoms with van der Waals surface area (Å²) >= 11 is 3.08. The van der Waals surface area contributed by atoms with E-state index in [9.17, 15) is 0 Å². The molecule has 0 aliphatic heterocycles. The molecule has 6 nitrogen and oxygen atoms in total. The standard InChI is InChI=1S/C14H15N5OS2/c1-9(12-16-10(2)19-20-12)21-14-18-17-13(22-14)15-8-11-6-4-3-5-7-11/h3-7,9H,8H2,1-2H3,(H,15,17). The molecule has 0 radical (unpaired) electrons. The second-order valence-electron chi connectivity index (χ2n) is 4.65. The normalized spacial score (nSPS) is 12.3. The molecule has 0 fully saturated rings. The Morgan fingerprint density at radius 1 is 1.27 bits per heavy atom. The van der Waals surface area contributed by atoms with Crippen molar-refractivity contribution in [3.8, 4) is 0 Å². The van der Waals surface area contributed by atoms with E-state index < -0.39 is 0 Å². The lowest BCUT2D eigenvalue weighted by molar-refractivity contribution is 0.376. The maximum atomic E-state index is 5.17. The summed E-state index contributed by atoms with van der Waals surface area (Å²) < 4.78 is 6.04. The quantitative estimate of drug-likeness (QED) is 0.689. The van der Waals surface area contributed by atoms with Crippen molar-refractivity contribution in [2.24, 2.45) is 0 Å². The van der Waals surface area contributed by atoms with Crippen LogP contribution in [0.5, 0.6) is 0 Å². The van der Waals surface area contributed by atoms with Crippen LogP contribution in [0.2, 0.25) is 0 Å². The van der Waals surface area contributed by atoms with E-state index in [1.54, 1.807) is 18.7 Å². The molecule has 0 saturated heterocycles. The molecule has 0 spiro atoms. The van der Waals surface area contributed by atoms with E-state index in [0.717, 1.165) is 16.0 Å². The van der Waals surface area contributed by atoms with E-state index >= 15 is 0 Å². The predicted octanol–water partition coefficient (Wildman–Crippen LogP) is 3.69. The first-order valence-corrected chi connectivity index (χ1v) is 8.48. The van der Waals surface area contributed by atoms with Gasteiger partial charge in [-0.15, -0.1) is 10.2 Å². The number of hydrogen-bond donors (Lipinski definition) is 1. The molecule has 3 aromatic rings. The summed E-state index contributed by atoms with van der Waals surface area (Å²) in [4.78, 5) is 4.23. The van der Waals surface area contributed by atoms with Gasteiger partial charge in [-0.05, 0) is 19.4 Å². The smallest absolute Gasteiger partial charge is 0.239 e. The van der Waals surface area contributed by atoms with Gasteiger partial charge in [0.2, 0.25) is 11.0 Å². The maximum Gasteiger partial charge on any atom is 0.239 e. The van der Waals surface area contributed by atoms with Crippen LogP contribution < -0.4 is 5.32 Å². The Kier molecular flexibility index (Phi) is 4.69. The summed E-state index contributed by atoms with van der Waals surface area (Å²) in [5, 5.41) is 16.3. The van der Waals surface area contributed by atoms with Crippen molar-refractivity contribution in [2.75, 3.05) is 5.32 Å². The summed E-state index contributed by atoms with van der Waals surface area (Å²) in [5.74, 6) is 1.25. The maximum absolute atomic E-state index is 5.17. The molecular weight excluding hydrogens is 318 g/mol. The molecular formula is C14H15N5OS2. The average molecular weight is 333 g/mol. The van der Waals surface area contributed by atoms with Crippen LogP contribution in [0.15, 0.2) is 39.2 Å². The van der Waals surface area contributed by atoms with Gasteiger partial charge in [0.15, 0.2) is 10.2 Å². The van der Waals surface area contributed by atoms with Gasteiger partial charge in [0.1, 0.15) is 0 Å². The Bertz CT molecular complexity index is 728. The Labute approximate surface area is 136 Å². The van der Waals surface area contributed by atoms with Crippen molar-refractivity contribution in [3.05, 3.63) is 47.6 Å². The monoisotopic (exact) mass is 333 g/mol. The lowest BCUT2D eigenvalue weighted by Crippen LogP contribution is -1.98. The van der Waals surface area contributed by atoms with E-state index in [4.69, 9.17) is 4.52 Å². The Balaban J connectivity index is 1.57. The third-order valence-electron chi connectivity index (χ3n) is 2.86. The number of anilines is 1. The lowest BCUT2D eigenvalue weighted by Gasteiger charge is -2.02. The van der Waals surface area contributed by atoms with Gasteiger partial charge in [0, 0.05) is 6.54 Å². The fourth-order valence-corrected chi connectivity index (χ4v) is 3.70. The zero-order valence-corrected chi connectivity index (χ0v) is 13.8. The number of aryl methyl sites for hydroxylation is 1. The molecule has 22 heavy (non-hydrogen) atoms. The highest BCUT2D eigenvalue weighted by atomic mass is 32.2. The third-order valence-corrected chi connectivity index (χ3v) is 4.91. The van der Waals surface area contributed by atoms with Crippen molar-refractivity contribution in [1.82, 2.24) is 20.3 Å². The van der Waals surface area contributed by atoms with Crippen LogP contribution in [0, 0.1) is 6.92 Å². The van der Waals surface area contributed by atoms with E-state index in [2.05, 4.69) is 37.8 Å². The zero-order valence-electron chi connectivity index (χ0n) is 12.2. The largest absolute Gasteiger partial charge is 0.356 e. The van der Waals surface area contributed by atoms with Crippen molar-refractivity contribution in [2.45, 2.75) is 30.0 Å². The molecule has 0 saturated carbocycles. The van der Waals surface area contributed by atoms with Crippen LogP contribution in [-0.4, -0.2) is 20.3 Å². The second-order valence-corrected chi connectivity index (χ2v) is 7.22. The van der Waals surface area contributed by atoms with Gasteiger partial charge in [-0.3, -0.25) is 0 Å². The number of hydrogen-bond acceptors (Lipinski definition) is 8. The molecule has 2 heterocycles. The minimum atomic E-state index is 0.0520. The molecule has 8 heteroatoms. The summed E-state index contributed by atoms with van der Waals surface area (Å²) in [6, 6.07) is 10.2. The fourth-order valence-electron chi connectivity index (χ4n) is 1.78. The second kappa shape index (κ2) is 6.89. The molecule has 114 valence electrons. The van der Waals surface area contributed by atoms with E-state index in [0.29, 0.717) is 11.7 Å². The lowest BCUT2D eigenvalue weighted by atomic mass is 10.2. The van der Waals surface area contributed by atoms with Crippen LogP contribution in [0.3, 0.4) is 0 Å². The topological polar surface area (TPSA) is 76.7 Å². The molecule has 1 N–H and O–H groups in total. The number of rotatable bonds is 6. The molecule has 0 aliphatic rings. The summed E-state index contributed by atoms with van der Waals surface area (Å²) in [7, 11) is 0. The minimum absolute atomic E-state index is 0.0520. The van der Waals surface area contributed by atoms with Gasteiger partial charge in [0.25, 0.3) is 0 Å². The number of benzene rings is 1. The van der Waals surface area contributed by atoms with Gasteiger partial charge in [0.05, 0.1) is 5.25 Å². The number of nitrogens with zero attached hydrogens (tertiary/aromatic N) is 4. The summed E-state index contributed by atoms with van der Waals surface area (Å²) in [6.45, 7) is 4.55. The van der Waals surface area contributed by atoms with Gasteiger partial charge < -0.3 is 9.84 Å². The van der Waals surface area contributed by atoms with Crippen LogP contribution in [0.4, 0.5) is 5.13 Å². The van der Waals surface area contributed by atoms with Crippen molar-refractivity contribution in [1.29, 1.82) is 0 Å². The van der Waals surface area contributed by atoms with Crippen molar-refractivity contribution in [3.63, 3.8) is 0 Å². The highest BCUT2D eigenvalue weighted by Gasteiger charge is 2.17. The van der Waals surface area contributed by atoms with Gasteiger partial charge in [-0.2, -0.15) is 4.98 Å². The van der Waals surface area contributed by atoms with Crippen molar-refractivity contribution >= 4 is 28.2 Å².